The SMILES string of the molecule is CS/C(C)=N/OC(=O)N(C)SSN(C)C(=O)O/N=C(\C)SC. The van der Waals surface area contributed by atoms with Crippen molar-refractivity contribution in [2.75, 3.05) is 26.6 Å². The predicted molar refractivity (Wildman–Crippen MR) is 96.9 cm³/mol. The zero-order valence-electron chi connectivity index (χ0n) is 13.1. The second-order valence-electron chi connectivity index (χ2n) is 3.49. The van der Waals surface area contributed by atoms with Crippen LogP contribution < -0.4 is 0 Å². The molecule has 0 aliphatic rings. The number of amides is 2. The van der Waals surface area contributed by atoms with Crippen LogP contribution in [0.3, 0.4) is 0 Å². The van der Waals surface area contributed by atoms with Gasteiger partial charge in [-0.2, -0.15) is 0 Å². The van der Waals surface area contributed by atoms with Crippen LogP contribution in [0.5, 0.6) is 0 Å². The maximum absolute atomic E-state index is 11.6. The van der Waals surface area contributed by atoms with Gasteiger partial charge < -0.3 is 0 Å². The fourth-order valence-electron chi connectivity index (χ4n) is 0.557. The van der Waals surface area contributed by atoms with Gasteiger partial charge in [0.25, 0.3) is 0 Å². The molecule has 0 aliphatic carbocycles. The van der Waals surface area contributed by atoms with Crippen LogP contribution in [0.25, 0.3) is 0 Å². The summed E-state index contributed by atoms with van der Waals surface area (Å²) in [4.78, 5) is 32.6. The molecule has 0 heterocycles. The van der Waals surface area contributed by atoms with Gasteiger partial charge >= 0.3 is 12.2 Å². The lowest BCUT2D eigenvalue weighted by Crippen LogP contribution is -2.22. The summed E-state index contributed by atoms with van der Waals surface area (Å²) in [7, 11) is 4.98. The standard InChI is InChI=1S/C10H18N4O4S4/c1-7(19-5)11-17-9(15)13(3)21-22-14(4)10(16)18-12-8(2)20-6/h1-6H3/b11-7+,12-8+. The maximum Gasteiger partial charge on any atom is 0.446 e. The fraction of sp³-hybridized carbons (Fsp3) is 0.600. The van der Waals surface area contributed by atoms with Crippen molar-refractivity contribution in [3.8, 4) is 0 Å². The third-order valence-electron chi connectivity index (χ3n) is 1.87. The zero-order chi connectivity index (χ0) is 17.1. The van der Waals surface area contributed by atoms with Crippen LogP contribution in [0.4, 0.5) is 9.59 Å². The van der Waals surface area contributed by atoms with Crippen LogP contribution >= 0.6 is 45.5 Å². The van der Waals surface area contributed by atoms with Crippen molar-refractivity contribution >= 4 is 67.8 Å². The molecule has 2 amide bonds. The molecule has 0 radical (unpaired) electrons. The Balaban J connectivity index is 4.20. The Morgan fingerprint density at radius 2 is 1.14 bits per heavy atom. The first kappa shape index (κ1) is 21.3. The molecule has 0 saturated heterocycles. The predicted octanol–water partition coefficient (Wildman–Crippen LogP) is 3.73. The molecule has 0 aromatic rings. The summed E-state index contributed by atoms with van der Waals surface area (Å²) >= 11 is 2.74. The number of hydrogen-bond acceptors (Lipinski definition) is 10. The van der Waals surface area contributed by atoms with Gasteiger partial charge in [-0.3, -0.25) is 9.68 Å². The van der Waals surface area contributed by atoms with E-state index >= 15 is 0 Å². The molecule has 8 nitrogen and oxygen atoms in total. The topological polar surface area (TPSA) is 83.8 Å². The van der Waals surface area contributed by atoms with Crippen LogP contribution in [0.2, 0.25) is 0 Å². The summed E-state index contributed by atoms with van der Waals surface area (Å²) in [6.45, 7) is 3.45. The highest BCUT2D eigenvalue weighted by Gasteiger charge is 2.17. The lowest BCUT2D eigenvalue weighted by molar-refractivity contribution is 0.136. The third-order valence-corrected chi connectivity index (χ3v) is 5.55. The molecule has 0 rings (SSSR count). The first-order valence-electron chi connectivity index (χ1n) is 5.73. The number of oxime groups is 2. The van der Waals surface area contributed by atoms with Crippen LogP contribution in [-0.2, 0) is 9.68 Å². The van der Waals surface area contributed by atoms with Gasteiger partial charge in [-0.1, -0.05) is 10.3 Å². The van der Waals surface area contributed by atoms with Crippen LogP contribution in [-0.4, -0.2) is 57.5 Å². The number of carbonyl (C=O) groups excluding carboxylic acids is 2. The Bertz CT molecular complexity index is 407. The molecule has 12 heteroatoms. The Morgan fingerprint density at radius 3 is 1.41 bits per heavy atom. The van der Waals surface area contributed by atoms with Crippen molar-refractivity contribution in [1.82, 2.24) is 8.61 Å². The van der Waals surface area contributed by atoms with Crippen molar-refractivity contribution in [3.63, 3.8) is 0 Å². The average molecular weight is 387 g/mol. The molecule has 0 fully saturated rings. The first-order valence-corrected chi connectivity index (χ1v) is 10.2. The van der Waals surface area contributed by atoms with Gasteiger partial charge in [0.2, 0.25) is 0 Å². The largest absolute Gasteiger partial charge is 0.446 e. The molecule has 0 bridgehead atoms. The van der Waals surface area contributed by atoms with E-state index in [1.807, 2.05) is 12.5 Å². The number of thioether (sulfide) groups is 2. The molecule has 0 spiro atoms. The van der Waals surface area contributed by atoms with Gasteiger partial charge in [0, 0.05) is 36.1 Å². The van der Waals surface area contributed by atoms with Crippen molar-refractivity contribution in [2.24, 2.45) is 10.3 Å². The summed E-state index contributed by atoms with van der Waals surface area (Å²) in [5.74, 6) is 0. The van der Waals surface area contributed by atoms with Crippen LogP contribution in [0.1, 0.15) is 13.8 Å². The summed E-state index contributed by atoms with van der Waals surface area (Å²) in [6.07, 6.45) is 2.35. The van der Waals surface area contributed by atoms with Crippen molar-refractivity contribution < 1.29 is 19.3 Å². The van der Waals surface area contributed by atoms with E-state index in [0.29, 0.717) is 10.1 Å². The molecule has 0 saturated carbocycles. The third kappa shape index (κ3) is 9.33. The van der Waals surface area contributed by atoms with E-state index in [2.05, 4.69) is 10.3 Å². The number of carbonyl (C=O) groups is 2. The number of rotatable bonds is 5. The highest BCUT2D eigenvalue weighted by atomic mass is 33.1. The Hall–Kier alpha value is -0.720. The molecule has 0 aromatic heterocycles. The Kier molecular flexibility index (Phi) is 11.4. The molecular formula is C10H18N4O4S4. The molecule has 0 aromatic carbocycles. The van der Waals surface area contributed by atoms with Gasteiger partial charge in [-0.05, 0) is 26.4 Å². The monoisotopic (exact) mass is 386 g/mol. The second-order valence-corrected chi connectivity index (χ2v) is 7.77. The molecule has 0 atom stereocenters. The van der Waals surface area contributed by atoms with Gasteiger partial charge in [-0.15, -0.1) is 23.5 Å². The lowest BCUT2D eigenvalue weighted by Gasteiger charge is -2.16. The number of hydrogen-bond donors (Lipinski definition) is 0. The molecule has 22 heavy (non-hydrogen) atoms. The van der Waals surface area contributed by atoms with Gasteiger partial charge in [0.05, 0.1) is 0 Å². The maximum atomic E-state index is 11.6. The highest BCUT2D eigenvalue weighted by Crippen LogP contribution is 2.28. The average Bonchev–Trinajstić information content (AvgIpc) is 2.53. The smallest absolute Gasteiger partial charge is 0.296 e. The van der Waals surface area contributed by atoms with Gasteiger partial charge in [-0.25, -0.2) is 18.2 Å². The highest BCUT2D eigenvalue weighted by molar-refractivity contribution is 8.75. The quantitative estimate of drug-likeness (QED) is 0.176. The number of nitrogens with zero attached hydrogens (tertiary/aromatic N) is 4. The minimum absolute atomic E-state index is 0.627. The van der Waals surface area contributed by atoms with Crippen molar-refractivity contribution in [1.29, 1.82) is 0 Å². The fourth-order valence-corrected chi connectivity index (χ4v) is 2.13. The van der Waals surface area contributed by atoms with E-state index in [-0.39, 0.29) is 0 Å². The zero-order valence-corrected chi connectivity index (χ0v) is 16.3. The van der Waals surface area contributed by atoms with E-state index in [9.17, 15) is 9.59 Å². The van der Waals surface area contributed by atoms with Crippen LogP contribution in [0.15, 0.2) is 10.3 Å². The van der Waals surface area contributed by atoms with Gasteiger partial charge in [0.1, 0.15) is 10.1 Å². The minimum atomic E-state index is -0.649. The normalized spacial score (nSPS) is 11.9. The van der Waals surface area contributed by atoms with E-state index in [1.54, 1.807) is 13.8 Å². The second kappa shape index (κ2) is 11.8. The minimum Gasteiger partial charge on any atom is -0.296 e. The summed E-state index contributed by atoms with van der Waals surface area (Å²) in [5, 5.41) is 8.50. The Labute approximate surface area is 146 Å². The lowest BCUT2D eigenvalue weighted by atomic mass is 10.9. The van der Waals surface area contributed by atoms with E-state index < -0.39 is 12.2 Å². The summed E-state index contributed by atoms with van der Waals surface area (Å²) < 4.78 is 2.39. The molecule has 0 aliphatic heterocycles. The van der Waals surface area contributed by atoms with E-state index in [4.69, 9.17) is 9.68 Å². The Morgan fingerprint density at radius 1 is 0.818 bits per heavy atom. The molecule has 126 valence electrons. The van der Waals surface area contributed by atoms with E-state index in [0.717, 1.165) is 22.0 Å². The van der Waals surface area contributed by atoms with Crippen molar-refractivity contribution in [3.05, 3.63) is 0 Å². The van der Waals surface area contributed by atoms with Crippen molar-refractivity contribution in [2.45, 2.75) is 13.8 Å². The summed E-state index contributed by atoms with van der Waals surface area (Å²) in [5.41, 5.74) is 0. The van der Waals surface area contributed by atoms with E-state index in [1.165, 1.54) is 46.2 Å². The molecule has 0 N–H and O–H groups in total. The molecule has 0 unspecified atom stereocenters. The van der Waals surface area contributed by atoms with Crippen LogP contribution in [0, 0.1) is 0 Å². The first-order chi connectivity index (χ1) is 10.3. The molecular weight excluding hydrogens is 368 g/mol. The van der Waals surface area contributed by atoms with Gasteiger partial charge in [0.15, 0.2) is 0 Å². The summed E-state index contributed by atoms with van der Waals surface area (Å²) in [6, 6.07) is 0.